The van der Waals surface area contributed by atoms with E-state index in [0.29, 0.717) is 18.9 Å². The van der Waals surface area contributed by atoms with Gasteiger partial charge in [0.1, 0.15) is 6.04 Å². The van der Waals surface area contributed by atoms with E-state index < -0.39 is 12.0 Å². The first-order chi connectivity index (χ1) is 8.92. The molecular formula is C14H26N2O3. The third-order valence-electron chi connectivity index (χ3n) is 4.19. The summed E-state index contributed by atoms with van der Waals surface area (Å²) in [7, 11) is 1.77. The van der Waals surface area contributed by atoms with Gasteiger partial charge in [0, 0.05) is 19.6 Å². The fraction of sp³-hybridized carbons (Fsp3) is 0.857. The molecule has 2 unspecified atom stereocenters. The van der Waals surface area contributed by atoms with Crippen LogP contribution in [-0.2, 0) is 4.79 Å². The molecule has 0 aromatic heterocycles. The molecule has 1 aliphatic rings. The Morgan fingerprint density at radius 2 is 1.95 bits per heavy atom. The Labute approximate surface area is 115 Å². The molecule has 1 heterocycles. The Morgan fingerprint density at radius 1 is 1.37 bits per heavy atom. The van der Waals surface area contributed by atoms with Crippen molar-refractivity contribution in [1.29, 1.82) is 0 Å². The Bertz CT molecular complexity index is 329. The van der Waals surface area contributed by atoms with Gasteiger partial charge in [-0.1, -0.05) is 20.8 Å². The standard InChI is InChI=1S/C14H26N2O3/c1-5-11(6-2)15(4)14(19)16-8-7-10(3)9-12(16)13(17)18/h10-12H,5-9H2,1-4H3,(H,17,18). The fourth-order valence-corrected chi connectivity index (χ4v) is 2.80. The molecule has 0 spiro atoms. The van der Waals surface area contributed by atoms with Crippen molar-refractivity contribution in [2.24, 2.45) is 5.92 Å². The smallest absolute Gasteiger partial charge is 0.326 e. The monoisotopic (exact) mass is 270 g/mol. The number of nitrogens with zero attached hydrogens (tertiary/aromatic N) is 2. The molecule has 0 saturated carbocycles. The summed E-state index contributed by atoms with van der Waals surface area (Å²) in [4.78, 5) is 27.0. The average molecular weight is 270 g/mol. The Morgan fingerprint density at radius 3 is 2.42 bits per heavy atom. The molecule has 1 saturated heterocycles. The van der Waals surface area contributed by atoms with Crippen molar-refractivity contribution in [1.82, 2.24) is 9.80 Å². The Balaban J connectivity index is 2.81. The van der Waals surface area contributed by atoms with Crippen molar-refractivity contribution in [3.05, 3.63) is 0 Å². The van der Waals surface area contributed by atoms with Crippen LogP contribution in [-0.4, -0.2) is 52.6 Å². The van der Waals surface area contributed by atoms with Gasteiger partial charge in [-0.25, -0.2) is 9.59 Å². The summed E-state index contributed by atoms with van der Waals surface area (Å²) >= 11 is 0. The number of carboxylic acid groups (broad SMARTS) is 1. The van der Waals surface area contributed by atoms with Crippen LogP contribution in [0, 0.1) is 5.92 Å². The number of rotatable bonds is 4. The van der Waals surface area contributed by atoms with Gasteiger partial charge in [-0.2, -0.15) is 0 Å². The van der Waals surface area contributed by atoms with Gasteiger partial charge in [0.2, 0.25) is 0 Å². The molecule has 1 fully saturated rings. The SMILES string of the molecule is CCC(CC)N(C)C(=O)N1CCC(C)CC1C(=O)O. The highest BCUT2D eigenvalue weighted by molar-refractivity contribution is 5.83. The lowest BCUT2D eigenvalue weighted by atomic mass is 9.92. The summed E-state index contributed by atoms with van der Waals surface area (Å²) in [5.74, 6) is -0.526. The maximum absolute atomic E-state index is 12.5. The molecule has 5 heteroatoms. The molecule has 0 bridgehead atoms. The summed E-state index contributed by atoms with van der Waals surface area (Å²) in [6.07, 6.45) is 3.21. The number of urea groups is 1. The third-order valence-corrected chi connectivity index (χ3v) is 4.19. The first-order valence-electron chi connectivity index (χ1n) is 7.18. The van der Waals surface area contributed by atoms with Gasteiger partial charge in [0.05, 0.1) is 0 Å². The number of hydrogen-bond acceptors (Lipinski definition) is 2. The minimum atomic E-state index is -0.891. The number of hydrogen-bond donors (Lipinski definition) is 1. The zero-order chi connectivity index (χ0) is 14.6. The van der Waals surface area contributed by atoms with Gasteiger partial charge in [0.15, 0.2) is 0 Å². The van der Waals surface area contributed by atoms with Crippen LogP contribution in [0.15, 0.2) is 0 Å². The number of carbonyl (C=O) groups excluding carboxylic acids is 1. The maximum Gasteiger partial charge on any atom is 0.326 e. The lowest BCUT2D eigenvalue weighted by Gasteiger charge is -2.40. The number of piperidine rings is 1. The zero-order valence-corrected chi connectivity index (χ0v) is 12.4. The summed E-state index contributed by atoms with van der Waals surface area (Å²) in [5.41, 5.74) is 0. The van der Waals surface area contributed by atoms with Crippen LogP contribution in [0.25, 0.3) is 0 Å². The number of carboxylic acids is 1. The van der Waals surface area contributed by atoms with Crippen molar-refractivity contribution >= 4 is 12.0 Å². The van der Waals surface area contributed by atoms with Gasteiger partial charge in [0.25, 0.3) is 0 Å². The molecular weight excluding hydrogens is 244 g/mol. The summed E-state index contributed by atoms with van der Waals surface area (Å²) in [5, 5.41) is 9.30. The molecule has 0 aromatic carbocycles. The highest BCUT2D eigenvalue weighted by atomic mass is 16.4. The van der Waals surface area contributed by atoms with E-state index in [0.717, 1.165) is 19.3 Å². The molecule has 1 N–H and O–H groups in total. The van der Waals surface area contributed by atoms with E-state index in [1.54, 1.807) is 11.9 Å². The second kappa shape index (κ2) is 6.78. The van der Waals surface area contributed by atoms with Crippen molar-refractivity contribution < 1.29 is 14.7 Å². The number of carbonyl (C=O) groups is 2. The molecule has 0 aliphatic carbocycles. The van der Waals surface area contributed by atoms with Gasteiger partial charge in [-0.05, 0) is 31.6 Å². The van der Waals surface area contributed by atoms with Gasteiger partial charge in [-0.15, -0.1) is 0 Å². The minimum absolute atomic E-state index is 0.145. The Kier molecular flexibility index (Phi) is 5.63. The molecule has 5 nitrogen and oxygen atoms in total. The lowest BCUT2D eigenvalue weighted by molar-refractivity contribution is -0.144. The van der Waals surface area contributed by atoms with E-state index in [1.807, 2.05) is 20.8 Å². The number of aliphatic carboxylic acids is 1. The average Bonchev–Trinajstić information content (AvgIpc) is 2.39. The van der Waals surface area contributed by atoms with Gasteiger partial charge < -0.3 is 14.9 Å². The maximum atomic E-state index is 12.5. The third kappa shape index (κ3) is 3.61. The summed E-state index contributed by atoms with van der Waals surface area (Å²) < 4.78 is 0. The van der Waals surface area contributed by atoms with E-state index in [2.05, 4.69) is 0 Å². The largest absolute Gasteiger partial charge is 0.480 e. The van der Waals surface area contributed by atoms with E-state index in [4.69, 9.17) is 0 Å². The van der Waals surface area contributed by atoms with Gasteiger partial charge in [-0.3, -0.25) is 0 Å². The topological polar surface area (TPSA) is 60.9 Å². The van der Waals surface area contributed by atoms with Crippen LogP contribution in [0.1, 0.15) is 46.5 Å². The molecule has 0 aromatic rings. The first kappa shape index (κ1) is 15.8. The summed E-state index contributed by atoms with van der Waals surface area (Å²) in [6.45, 7) is 6.68. The van der Waals surface area contributed by atoms with Crippen LogP contribution in [0.5, 0.6) is 0 Å². The molecule has 1 aliphatic heterocycles. The molecule has 110 valence electrons. The quantitative estimate of drug-likeness (QED) is 0.853. The summed E-state index contributed by atoms with van der Waals surface area (Å²) in [6, 6.07) is -0.637. The first-order valence-corrected chi connectivity index (χ1v) is 7.18. The zero-order valence-electron chi connectivity index (χ0n) is 12.4. The second-order valence-electron chi connectivity index (χ2n) is 5.54. The molecule has 2 atom stereocenters. The minimum Gasteiger partial charge on any atom is -0.480 e. The van der Waals surface area contributed by atoms with E-state index >= 15 is 0 Å². The van der Waals surface area contributed by atoms with Gasteiger partial charge >= 0.3 is 12.0 Å². The van der Waals surface area contributed by atoms with E-state index in [-0.39, 0.29) is 12.1 Å². The highest BCUT2D eigenvalue weighted by Crippen LogP contribution is 2.24. The van der Waals surface area contributed by atoms with Crippen molar-refractivity contribution in [3.8, 4) is 0 Å². The molecule has 19 heavy (non-hydrogen) atoms. The van der Waals surface area contributed by atoms with Crippen LogP contribution >= 0.6 is 0 Å². The fourth-order valence-electron chi connectivity index (χ4n) is 2.80. The molecule has 0 radical (unpaired) electrons. The van der Waals surface area contributed by atoms with Crippen LogP contribution in [0.2, 0.25) is 0 Å². The lowest BCUT2D eigenvalue weighted by Crippen LogP contribution is -2.55. The predicted molar refractivity (Wildman–Crippen MR) is 74.1 cm³/mol. The van der Waals surface area contributed by atoms with E-state index in [1.165, 1.54) is 4.90 Å². The molecule has 2 amide bonds. The van der Waals surface area contributed by atoms with Crippen LogP contribution in [0.4, 0.5) is 4.79 Å². The van der Waals surface area contributed by atoms with Crippen molar-refractivity contribution in [2.45, 2.75) is 58.5 Å². The normalized spacial score (nSPS) is 23.5. The molecule has 1 rings (SSSR count). The van der Waals surface area contributed by atoms with Crippen LogP contribution in [0.3, 0.4) is 0 Å². The second-order valence-corrected chi connectivity index (χ2v) is 5.54. The Hall–Kier alpha value is -1.26. The predicted octanol–water partition coefficient (Wildman–Crippen LogP) is 2.41. The van der Waals surface area contributed by atoms with Crippen molar-refractivity contribution in [3.63, 3.8) is 0 Å². The van der Waals surface area contributed by atoms with Crippen molar-refractivity contribution in [2.75, 3.05) is 13.6 Å². The van der Waals surface area contributed by atoms with E-state index in [9.17, 15) is 14.7 Å². The highest BCUT2D eigenvalue weighted by Gasteiger charge is 2.36. The van der Waals surface area contributed by atoms with Crippen LogP contribution < -0.4 is 0 Å². The number of likely N-dealkylation sites (tertiary alicyclic amines) is 1. The number of amides is 2.